The van der Waals surface area contributed by atoms with E-state index in [1.54, 1.807) is 5.51 Å². The second kappa shape index (κ2) is 5.97. The third kappa shape index (κ3) is 3.41. The van der Waals surface area contributed by atoms with Crippen molar-refractivity contribution in [1.29, 1.82) is 0 Å². The molecule has 0 aliphatic carbocycles. The van der Waals surface area contributed by atoms with E-state index in [-0.39, 0.29) is 5.69 Å². The molecule has 5 nitrogen and oxygen atoms in total. The van der Waals surface area contributed by atoms with Gasteiger partial charge in [0.2, 0.25) is 0 Å². The Kier molecular flexibility index (Phi) is 4.33. The maximum absolute atomic E-state index is 10.8. The number of anilines is 1. The predicted molar refractivity (Wildman–Crippen MR) is 65.8 cm³/mol. The maximum Gasteiger partial charge on any atom is 0.357 e. The number of hydrogen-bond acceptors (Lipinski definition) is 5. The highest BCUT2D eigenvalue weighted by molar-refractivity contribution is 7.14. The van der Waals surface area contributed by atoms with Crippen LogP contribution in [-0.2, 0) is 4.74 Å². The number of aromatic nitrogens is 1. The van der Waals surface area contributed by atoms with E-state index in [1.807, 2.05) is 0 Å². The second-order valence-corrected chi connectivity index (χ2v) is 4.89. The van der Waals surface area contributed by atoms with Gasteiger partial charge in [-0.15, -0.1) is 11.3 Å². The van der Waals surface area contributed by atoms with Crippen LogP contribution in [0.1, 0.15) is 36.2 Å². The molecular formula is C11H16N2O3S. The first-order chi connectivity index (χ1) is 8.27. The first-order valence-corrected chi connectivity index (χ1v) is 6.67. The number of nitrogens with one attached hydrogen (secondary N) is 1. The number of carboxylic acids is 1. The van der Waals surface area contributed by atoms with Crippen LogP contribution in [0.25, 0.3) is 0 Å². The number of nitrogens with zero attached hydrogens (tertiary/aromatic N) is 1. The van der Waals surface area contributed by atoms with Gasteiger partial charge in [0.15, 0.2) is 5.69 Å². The van der Waals surface area contributed by atoms with Crippen molar-refractivity contribution in [2.24, 2.45) is 0 Å². The highest BCUT2D eigenvalue weighted by Gasteiger charge is 2.15. The van der Waals surface area contributed by atoms with Gasteiger partial charge in [0, 0.05) is 13.2 Å². The zero-order valence-corrected chi connectivity index (χ0v) is 10.3. The summed E-state index contributed by atoms with van der Waals surface area (Å²) in [6.07, 6.45) is 4.72. The fraction of sp³-hybridized carbons (Fsp3) is 0.636. The van der Waals surface area contributed by atoms with Crippen LogP contribution in [0, 0.1) is 0 Å². The summed E-state index contributed by atoms with van der Waals surface area (Å²) >= 11 is 1.32. The lowest BCUT2D eigenvalue weighted by atomic mass is 10.1. The van der Waals surface area contributed by atoms with E-state index in [0.29, 0.717) is 11.1 Å². The van der Waals surface area contributed by atoms with Gasteiger partial charge in [0.1, 0.15) is 5.00 Å². The molecule has 0 amide bonds. The molecule has 1 aromatic heterocycles. The van der Waals surface area contributed by atoms with Gasteiger partial charge >= 0.3 is 5.97 Å². The third-order valence-electron chi connectivity index (χ3n) is 2.80. The fourth-order valence-electron chi connectivity index (χ4n) is 1.91. The van der Waals surface area contributed by atoms with Crippen molar-refractivity contribution in [2.45, 2.75) is 31.8 Å². The molecular weight excluding hydrogens is 240 g/mol. The third-order valence-corrected chi connectivity index (χ3v) is 3.58. The minimum absolute atomic E-state index is 0.111. The molecule has 0 spiro atoms. The lowest BCUT2D eigenvalue weighted by Gasteiger charge is -2.22. The van der Waals surface area contributed by atoms with Gasteiger partial charge in [-0.25, -0.2) is 9.78 Å². The van der Waals surface area contributed by atoms with Gasteiger partial charge < -0.3 is 15.2 Å². The van der Waals surface area contributed by atoms with E-state index in [4.69, 9.17) is 9.84 Å². The Morgan fingerprint density at radius 3 is 3.24 bits per heavy atom. The molecule has 1 aromatic rings. The van der Waals surface area contributed by atoms with E-state index in [1.165, 1.54) is 17.8 Å². The summed E-state index contributed by atoms with van der Waals surface area (Å²) < 4.78 is 5.61. The van der Waals surface area contributed by atoms with Crippen LogP contribution in [0.3, 0.4) is 0 Å². The Labute approximate surface area is 104 Å². The summed E-state index contributed by atoms with van der Waals surface area (Å²) in [5.41, 5.74) is 1.66. The zero-order chi connectivity index (χ0) is 12.1. The monoisotopic (exact) mass is 256 g/mol. The van der Waals surface area contributed by atoms with Crippen LogP contribution in [0.2, 0.25) is 0 Å². The largest absolute Gasteiger partial charge is 0.476 e. The number of carboxylic acid groups (broad SMARTS) is 1. The van der Waals surface area contributed by atoms with Crippen molar-refractivity contribution in [3.63, 3.8) is 0 Å². The van der Waals surface area contributed by atoms with Gasteiger partial charge in [-0.3, -0.25) is 0 Å². The van der Waals surface area contributed by atoms with Crippen molar-refractivity contribution in [3.05, 3.63) is 11.2 Å². The summed E-state index contributed by atoms with van der Waals surface area (Å²) in [5.74, 6) is -0.984. The molecule has 17 heavy (non-hydrogen) atoms. The van der Waals surface area contributed by atoms with Crippen LogP contribution in [0.5, 0.6) is 0 Å². The van der Waals surface area contributed by atoms with Crippen molar-refractivity contribution in [3.8, 4) is 0 Å². The molecule has 1 aliphatic heterocycles. The van der Waals surface area contributed by atoms with Gasteiger partial charge in [-0.1, -0.05) is 0 Å². The SMILES string of the molecule is O=C(O)c1ncsc1NCCC1CCCCO1. The van der Waals surface area contributed by atoms with E-state index < -0.39 is 5.97 Å². The topological polar surface area (TPSA) is 71.5 Å². The van der Waals surface area contributed by atoms with E-state index in [9.17, 15) is 4.79 Å². The lowest BCUT2D eigenvalue weighted by Crippen LogP contribution is -2.22. The van der Waals surface area contributed by atoms with E-state index >= 15 is 0 Å². The smallest absolute Gasteiger partial charge is 0.357 e. The molecule has 2 heterocycles. The Balaban J connectivity index is 1.77. The molecule has 0 bridgehead atoms. The summed E-state index contributed by atoms with van der Waals surface area (Å²) in [4.78, 5) is 14.6. The number of hydrogen-bond donors (Lipinski definition) is 2. The maximum atomic E-state index is 10.8. The molecule has 94 valence electrons. The molecule has 2 N–H and O–H groups in total. The van der Waals surface area contributed by atoms with E-state index in [0.717, 1.165) is 32.4 Å². The first-order valence-electron chi connectivity index (χ1n) is 5.79. The summed E-state index contributed by atoms with van der Waals surface area (Å²) in [5, 5.41) is 12.6. The minimum Gasteiger partial charge on any atom is -0.476 e. The Morgan fingerprint density at radius 1 is 1.65 bits per heavy atom. The fourth-order valence-corrected chi connectivity index (χ4v) is 2.61. The number of rotatable bonds is 5. The first kappa shape index (κ1) is 12.3. The van der Waals surface area contributed by atoms with Gasteiger partial charge in [-0.2, -0.15) is 0 Å². The summed E-state index contributed by atoms with van der Waals surface area (Å²) in [7, 11) is 0. The Morgan fingerprint density at radius 2 is 2.53 bits per heavy atom. The molecule has 1 aliphatic rings. The normalized spacial score (nSPS) is 20.1. The molecule has 0 aromatic carbocycles. The number of ether oxygens (including phenoxy) is 1. The van der Waals surface area contributed by atoms with E-state index in [2.05, 4.69) is 10.3 Å². The predicted octanol–water partition coefficient (Wildman–Crippen LogP) is 2.21. The number of carbonyl (C=O) groups is 1. The van der Waals surface area contributed by atoms with Crippen LogP contribution in [0.15, 0.2) is 5.51 Å². The Bertz CT molecular complexity index is 375. The number of aromatic carboxylic acids is 1. The van der Waals surface area contributed by atoms with Crippen LogP contribution in [0.4, 0.5) is 5.00 Å². The van der Waals surface area contributed by atoms with Crippen molar-refractivity contribution in [1.82, 2.24) is 4.98 Å². The molecule has 1 unspecified atom stereocenters. The summed E-state index contributed by atoms with van der Waals surface area (Å²) in [6.45, 7) is 1.58. The average Bonchev–Trinajstić information content (AvgIpc) is 2.79. The molecule has 1 saturated heterocycles. The van der Waals surface area contributed by atoms with Crippen LogP contribution >= 0.6 is 11.3 Å². The molecule has 0 radical (unpaired) electrons. The van der Waals surface area contributed by atoms with Gasteiger partial charge in [-0.05, 0) is 25.7 Å². The van der Waals surface area contributed by atoms with Gasteiger partial charge in [0.25, 0.3) is 0 Å². The minimum atomic E-state index is -0.984. The average molecular weight is 256 g/mol. The molecule has 1 atom stereocenters. The van der Waals surface area contributed by atoms with Crippen LogP contribution < -0.4 is 5.32 Å². The van der Waals surface area contributed by atoms with Crippen LogP contribution in [-0.4, -0.2) is 35.3 Å². The Hall–Kier alpha value is -1.14. The zero-order valence-electron chi connectivity index (χ0n) is 9.52. The second-order valence-electron chi connectivity index (χ2n) is 4.04. The van der Waals surface area contributed by atoms with Gasteiger partial charge in [0.05, 0.1) is 11.6 Å². The number of thiazole rings is 1. The van der Waals surface area contributed by atoms with Crippen molar-refractivity contribution < 1.29 is 14.6 Å². The lowest BCUT2D eigenvalue weighted by molar-refractivity contribution is 0.0134. The molecule has 0 saturated carbocycles. The molecule has 2 rings (SSSR count). The highest BCUT2D eigenvalue weighted by Crippen LogP contribution is 2.21. The highest BCUT2D eigenvalue weighted by atomic mass is 32.1. The molecule has 1 fully saturated rings. The molecule has 6 heteroatoms. The van der Waals surface area contributed by atoms with Crippen molar-refractivity contribution in [2.75, 3.05) is 18.5 Å². The quantitative estimate of drug-likeness (QED) is 0.845. The standard InChI is InChI=1S/C11H16N2O3S/c14-11(15)9-10(17-7-13-9)12-5-4-8-3-1-2-6-16-8/h7-8,12H,1-6H2,(H,14,15). The summed E-state index contributed by atoms with van der Waals surface area (Å²) in [6, 6.07) is 0. The van der Waals surface area contributed by atoms with Crippen molar-refractivity contribution >= 4 is 22.3 Å².